The van der Waals surface area contributed by atoms with Crippen LogP contribution < -0.4 is 0 Å². The molecule has 104 valence electrons. The first kappa shape index (κ1) is 12.2. The van der Waals surface area contributed by atoms with Crippen LogP contribution in [0.4, 0.5) is 0 Å². The molecule has 5 atom stereocenters. The molecule has 0 aromatic heterocycles. The summed E-state index contributed by atoms with van der Waals surface area (Å²) in [5.41, 5.74) is 1.12. The molecule has 2 bridgehead atoms. The van der Waals surface area contributed by atoms with Crippen molar-refractivity contribution in [2.45, 2.75) is 25.0 Å². The molecule has 3 aliphatic rings. The zero-order valence-corrected chi connectivity index (χ0v) is 11.3. The Balaban J connectivity index is 1.28. The smallest absolute Gasteiger partial charge is 0.309 e. The van der Waals surface area contributed by atoms with Gasteiger partial charge in [0.05, 0.1) is 18.1 Å². The first-order valence-corrected chi connectivity index (χ1v) is 7.36. The Kier molecular flexibility index (Phi) is 2.88. The molecule has 1 aromatic carbocycles. The van der Waals surface area contributed by atoms with E-state index in [0.717, 1.165) is 18.4 Å². The molecule has 0 N–H and O–H groups in total. The summed E-state index contributed by atoms with van der Waals surface area (Å²) in [6.45, 7) is 0.358. The SMILES string of the molecule is O=C(OCC=Cc1ccccc1)C1CC2CC1C1OC21. The minimum absolute atomic E-state index is 0.0378. The highest BCUT2D eigenvalue weighted by atomic mass is 16.6. The molecule has 0 radical (unpaired) electrons. The van der Waals surface area contributed by atoms with Gasteiger partial charge in [0.25, 0.3) is 0 Å². The van der Waals surface area contributed by atoms with Crippen LogP contribution in [0.1, 0.15) is 18.4 Å². The zero-order chi connectivity index (χ0) is 13.5. The maximum Gasteiger partial charge on any atom is 0.309 e. The minimum Gasteiger partial charge on any atom is -0.461 e. The quantitative estimate of drug-likeness (QED) is 0.623. The summed E-state index contributed by atoms with van der Waals surface area (Å²) < 4.78 is 11.0. The van der Waals surface area contributed by atoms with Gasteiger partial charge in [0.15, 0.2) is 0 Å². The number of ether oxygens (including phenoxy) is 2. The van der Waals surface area contributed by atoms with Gasteiger partial charge in [-0.15, -0.1) is 0 Å². The van der Waals surface area contributed by atoms with Crippen molar-refractivity contribution in [2.75, 3.05) is 6.61 Å². The molecule has 3 heteroatoms. The molecular weight excluding hydrogens is 252 g/mol. The fraction of sp³-hybridized carbons (Fsp3) is 0.471. The van der Waals surface area contributed by atoms with Crippen molar-refractivity contribution >= 4 is 12.0 Å². The van der Waals surface area contributed by atoms with Crippen LogP contribution in [0.25, 0.3) is 6.08 Å². The summed E-state index contributed by atoms with van der Waals surface area (Å²) in [5.74, 6) is 1.08. The highest BCUT2D eigenvalue weighted by Gasteiger charge is 2.64. The van der Waals surface area contributed by atoms with Gasteiger partial charge in [-0.2, -0.15) is 0 Å². The summed E-state index contributed by atoms with van der Waals surface area (Å²) in [7, 11) is 0. The second-order valence-electron chi connectivity index (χ2n) is 6.01. The molecule has 3 fully saturated rings. The number of rotatable bonds is 4. The van der Waals surface area contributed by atoms with E-state index in [1.54, 1.807) is 0 Å². The van der Waals surface area contributed by atoms with Crippen LogP contribution in [0.5, 0.6) is 0 Å². The average Bonchev–Trinajstić information content (AvgIpc) is 3.09. The lowest BCUT2D eigenvalue weighted by atomic mass is 9.89. The maximum atomic E-state index is 12.1. The molecule has 3 nitrogen and oxygen atoms in total. The monoisotopic (exact) mass is 270 g/mol. The fourth-order valence-corrected chi connectivity index (χ4v) is 3.86. The summed E-state index contributed by atoms with van der Waals surface area (Å²) in [5, 5.41) is 0. The van der Waals surface area contributed by atoms with Crippen LogP contribution in [0.2, 0.25) is 0 Å². The van der Waals surface area contributed by atoms with E-state index in [-0.39, 0.29) is 11.9 Å². The Labute approximate surface area is 118 Å². The Morgan fingerprint density at radius 3 is 2.85 bits per heavy atom. The van der Waals surface area contributed by atoms with E-state index in [1.165, 1.54) is 0 Å². The van der Waals surface area contributed by atoms with E-state index < -0.39 is 0 Å². The molecule has 2 aliphatic carbocycles. The van der Waals surface area contributed by atoms with Gasteiger partial charge in [-0.3, -0.25) is 4.79 Å². The van der Waals surface area contributed by atoms with E-state index in [2.05, 4.69) is 0 Å². The van der Waals surface area contributed by atoms with Crippen LogP contribution in [0, 0.1) is 17.8 Å². The zero-order valence-electron chi connectivity index (χ0n) is 11.3. The first-order valence-electron chi connectivity index (χ1n) is 7.36. The fourth-order valence-electron chi connectivity index (χ4n) is 3.86. The molecule has 1 aromatic rings. The maximum absolute atomic E-state index is 12.1. The number of carbonyl (C=O) groups excluding carboxylic acids is 1. The predicted molar refractivity (Wildman–Crippen MR) is 74.8 cm³/mol. The molecule has 0 spiro atoms. The van der Waals surface area contributed by atoms with Crippen LogP contribution in [-0.4, -0.2) is 24.8 Å². The predicted octanol–water partition coefficient (Wildman–Crippen LogP) is 2.67. The number of esters is 1. The van der Waals surface area contributed by atoms with Crippen molar-refractivity contribution in [3.05, 3.63) is 42.0 Å². The molecule has 1 saturated heterocycles. The van der Waals surface area contributed by atoms with E-state index in [0.29, 0.717) is 30.7 Å². The Hall–Kier alpha value is -1.61. The molecular formula is C17H18O3. The minimum atomic E-state index is -0.0378. The van der Waals surface area contributed by atoms with Crippen molar-refractivity contribution in [3.63, 3.8) is 0 Å². The summed E-state index contributed by atoms with van der Waals surface area (Å²) >= 11 is 0. The van der Waals surface area contributed by atoms with Crippen LogP contribution in [-0.2, 0) is 14.3 Å². The van der Waals surface area contributed by atoms with Gasteiger partial charge in [-0.05, 0) is 30.4 Å². The number of benzene rings is 1. The number of hydrogen-bond acceptors (Lipinski definition) is 3. The molecule has 20 heavy (non-hydrogen) atoms. The molecule has 4 rings (SSSR count). The third-order valence-corrected chi connectivity index (χ3v) is 4.83. The van der Waals surface area contributed by atoms with E-state index >= 15 is 0 Å². The molecule has 0 amide bonds. The normalized spacial score (nSPS) is 37.1. The Morgan fingerprint density at radius 2 is 2.10 bits per heavy atom. The summed E-state index contributed by atoms with van der Waals surface area (Å²) in [6.07, 6.45) is 6.85. The third kappa shape index (κ3) is 2.06. The van der Waals surface area contributed by atoms with Gasteiger partial charge in [0.1, 0.15) is 6.61 Å². The van der Waals surface area contributed by atoms with Crippen molar-refractivity contribution < 1.29 is 14.3 Å². The van der Waals surface area contributed by atoms with Gasteiger partial charge < -0.3 is 9.47 Å². The topological polar surface area (TPSA) is 38.8 Å². The van der Waals surface area contributed by atoms with E-state index in [4.69, 9.17) is 9.47 Å². The van der Waals surface area contributed by atoms with E-state index in [9.17, 15) is 4.79 Å². The third-order valence-electron chi connectivity index (χ3n) is 4.83. The lowest BCUT2D eigenvalue weighted by Gasteiger charge is -2.17. The number of carbonyl (C=O) groups is 1. The summed E-state index contributed by atoms with van der Waals surface area (Å²) in [6, 6.07) is 10.0. The van der Waals surface area contributed by atoms with Crippen LogP contribution in [0.3, 0.4) is 0 Å². The standard InChI is InChI=1S/C17H18O3/c18-17(14-10-12-9-13(14)16-15(12)20-16)19-8-4-7-11-5-2-1-3-6-11/h1-7,12-16H,8-10H2. The van der Waals surface area contributed by atoms with Crippen molar-refractivity contribution in [1.29, 1.82) is 0 Å². The Morgan fingerprint density at radius 1 is 1.25 bits per heavy atom. The largest absolute Gasteiger partial charge is 0.461 e. The van der Waals surface area contributed by atoms with Crippen molar-refractivity contribution in [1.82, 2.24) is 0 Å². The molecule has 1 aliphatic heterocycles. The molecule has 5 unspecified atom stereocenters. The average molecular weight is 270 g/mol. The molecule has 2 saturated carbocycles. The number of epoxide rings is 1. The van der Waals surface area contributed by atoms with Gasteiger partial charge in [-0.1, -0.05) is 36.4 Å². The van der Waals surface area contributed by atoms with Gasteiger partial charge in [0, 0.05) is 5.92 Å². The van der Waals surface area contributed by atoms with Crippen molar-refractivity contribution in [2.24, 2.45) is 17.8 Å². The van der Waals surface area contributed by atoms with Crippen molar-refractivity contribution in [3.8, 4) is 0 Å². The highest BCUT2D eigenvalue weighted by Crippen LogP contribution is 2.58. The van der Waals surface area contributed by atoms with Gasteiger partial charge in [-0.25, -0.2) is 0 Å². The number of hydrogen-bond donors (Lipinski definition) is 0. The second-order valence-corrected chi connectivity index (χ2v) is 6.01. The van der Waals surface area contributed by atoms with Crippen LogP contribution >= 0.6 is 0 Å². The van der Waals surface area contributed by atoms with Gasteiger partial charge >= 0.3 is 5.97 Å². The number of fused-ring (bicyclic) bond motifs is 5. The first-order chi connectivity index (χ1) is 9.83. The molecule has 1 heterocycles. The summed E-state index contributed by atoms with van der Waals surface area (Å²) in [4.78, 5) is 12.1. The van der Waals surface area contributed by atoms with E-state index in [1.807, 2.05) is 42.5 Å². The lowest BCUT2D eigenvalue weighted by Crippen LogP contribution is -2.27. The highest BCUT2D eigenvalue weighted by molar-refractivity contribution is 5.74. The van der Waals surface area contributed by atoms with Crippen LogP contribution in [0.15, 0.2) is 36.4 Å². The lowest BCUT2D eigenvalue weighted by molar-refractivity contribution is -0.148. The van der Waals surface area contributed by atoms with Gasteiger partial charge in [0.2, 0.25) is 0 Å². The Bertz CT molecular complexity index is 536. The second kappa shape index (κ2) is 4.74.